The average Bonchev–Trinajstić information content (AvgIpc) is 2.90. The second-order valence-electron chi connectivity index (χ2n) is 9.30. The Hall–Kier alpha value is -3.67. The van der Waals surface area contributed by atoms with Crippen LogP contribution >= 0.6 is 15.9 Å². The van der Waals surface area contributed by atoms with Crippen molar-refractivity contribution in [2.45, 2.75) is 30.6 Å². The van der Waals surface area contributed by atoms with E-state index in [1.807, 2.05) is 32.9 Å². The zero-order valence-electron chi connectivity index (χ0n) is 22.1. The average molecular weight is 643 g/mol. The van der Waals surface area contributed by atoms with Gasteiger partial charge in [-0.1, -0.05) is 45.8 Å². The molecule has 40 heavy (non-hydrogen) atoms. The quantitative estimate of drug-likeness (QED) is 0.232. The highest BCUT2D eigenvalue weighted by atomic mass is 79.9. The van der Waals surface area contributed by atoms with Crippen molar-refractivity contribution in [2.75, 3.05) is 20.9 Å². The molecule has 0 unspecified atom stereocenters. The van der Waals surface area contributed by atoms with Gasteiger partial charge in [0.05, 0.1) is 21.2 Å². The van der Waals surface area contributed by atoms with E-state index >= 15 is 0 Å². The maximum Gasteiger partial charge on any atom is 0.264 e. The predicted molar refractivity (Wildman–Crippen MR) is 162 cm³/mol. The fourth-order valence-corrected chi connectivity index (χ4v) is 6.66. The van der Waals surface area contributed by atoms with Gasteiger partial charge in [-0.2, -0.15) is 0 Å². The summed E-state index contributed by atoms with van der Waals surface area (Å²) in [6.45, 7) is 5.05. The van der Waals surface area contributed by atoms with Gasteiger partial charge in [0.15, 0.2) is 0 Å². The lowest BCUT2D eigenvalue weighted by atomic mass is 10.1. The first kappa shape index (κ1) is 29.3. The monoisotopic (exact) mass is 641 g/mol. The number of hydrogen-bond donors (Lipinski definition) is 2. The van der Waals surface area contributed by atoms with Crippen molar-refractivity contribution in [3.63, 3.8) is 0 Å². The topological polar surface area (TPSA) is 113 Å². The van der Waals surface area contributed by atoms with Gasteiger partial charge in [-0.3, -0.25) is 13.8 Å². The van der Waals surface area contributed by atoms with Gasteiger partial charge in [0.2, 0.25) is 5.91 Å². The second-order valence-corrected chi connectivity index (χ2v) is 13.8. The van der Waals surface area contributed by atoms with Crippen LogP contribution in [0.1, 0.15) is 16.7 Å². The number of nitrogens with one attached hydrogen (secondary N) is 2. The van der Waals surface area contributed by atoms with Gasteiger partial charge in [-0.15, -0.1) is 0 Å². The van der Waals surface area contributed by atoms with E-state index in [1.54, 1.807) is 42.5 Å². The summed E-state index contributed by atoms with van der Waals surface area (Å²) in [6, 6.07) is 24.1. The minimum atomic E-state index is -4.06. The van der Waals surface area contributed by atoms with Crippen LogP contribution in [-0.4, -0.2) is 29.3 Å². The number of sulfonamides is 2. The predicted octanol–water partition coefficient (Wildman–Crippen LogP) is 6.01. The van der Waals surface area contributed by atoms with Gasteiger partial charge in [-0.25, -0.2) is 16.8 Å². The Labute approximate surface area is 243 Å². The highest BCUT2D eigenvalue weighted by molar-refractivity contribution is 9.10. The smallest absolute Gasteiger partial charge is 0.264 e. The molecule has 208 valence electrons. The maximum absolute atomic E-state index is 13.5. The first-order valence-corrected chi connectivity index (χ1v) is 15.9. The molecule has 0 aliphatic rings. The lowest BCUT2D eigenvalue weighted by molar-refractivity contribution is -0.114. The molecule has 0 aromatic heterocycles. The summed E-state index contributed by atoms with van der Waals surface area (Å²) in [6.07, 6.45) is 0. The Morgan fingerprint density at radius 2 is 1.32 bits per heavy atom. The molecule has 0 spiro atoms. The number of amides is 1. The summed E-state index contributed by atoms with van der Waals surface area (Å²) in [4.78, 5) is 13.1. The van der Waals surface area contributed by atoms with Crippen molar-refractivity contribution < 1.29 is 21.6 Å². The number of carbonyl (C=O) groups is 1. The Morgan fingerprint density at radius 1 is 0.750 bits per heavy atom. The number of halogens is 1. The number of benzene rings is 4. The number of aryl methyl sites for hydroxylation is 3. The summed E-state index contributed by atoms with van der Waals surface area (Å²) < 4.78 is 57.3. The molecule has 2 N–H and O–H groups in total. The minimum Gasteiger partial charge on any atom is -0.325 e. The van der Waals surface area contributed by atoms with Crippen molar-refractivity contribution in [2.24, 2.45) is 0 Å². The fraction of sp³-hybridized carbons (Fsp3) is 0.138. The van der Waals surface area contributed by atoms with Gasteiger partial charge in [0, 0.05) is 10.2 Å². The third-order valence-electron chi connectivity index (χ3n) is 6.10. The molecule has 0 radical (unpaired) electrons. The maximum atomic E-state index is 13.5. The van der Waals surface area contributed by atoms with Crippen molar-refractivity contribution >= 4 is 58.9 Å². The lowest BCUT2D eigenvalue weighted by Crippen LogP contribution is -2.38. The first-order chi connectivity index (χ1) is 18.8. The van der Waals surface area contributed by atoms with Crippen molar-refractivity contribution in [1.29, 1.82) is 0 Å². The van der Waals surface area contributed by atoms with Crippen LogP contribution in [0, 0.1) is 20.8 Å². The molecule has 11 heteroatoms. The van der Waals surface area contributed by atoms with Crippen LogP contribution in [0.2, 0.25) is 0 Å². The Kier molecular flexibility index (Phi) is 8.67. The molecular weight excluding hydrogens is 614 g/mol. The highest BCUT2D eigenvalue weighted by Gasteiger charge is 2.27. The number of hydrogen-bond acceptors (Lipinski definition) is 5. The molecule has 1 amide bonds. The molecule has 0 fully saturated rings. The zero-order valence-corrected chi connectivity index (χ0v) is 25.3. The van der Waals surface area contributed by atoms with Gasteiger partial charge >= 0.3 is 0 Å². The Morgan fingerprint density at radius 3 is 1.95 bits per heavy atom. The normalized spacial score (nSPS) is 11.6. The van der Waals surface area contributed by atoms with E-state index in [1.165, 1.54) is 36.4 Å². The highest BCUT2D eigenvalue weighted by Crippen LogP contribution is 2.26. The van der Waals surface area contributed by atoms with E-state index in [-0.39, 0.29) is 9.79 Å². The van der Waals surface area contributed by atoms with Crippen LogP contribution < -0.4 is 14.3 Å². The molecule has 8 nitrogen and oxygen atoms in total. The number of nitrogens with zero attached hydrogens (tertiary/aromatic N) is 1. The van der Waals surface area contributed by atoms with Crippen molar-refractivity contribution in [3.05, 3.63) is 112 Å². The SMILES string of the molecule is Cc1ccc(S(=O)(=O)N(CC(=O)Nc2ccc(S(=O)(=O)Nc3cc(C)ccc3C)cc2)c2ccc(Br)cc2)cc1. The molecule has 4 aromatic rings. The van der Waals surface area contributed by atoms with Gasteiger partial charge in [0.25, 0.3) is 20.0 Å². The molecule has 0 aliphatic carbocycles. The number of anilines is 3. The molecule has 0 saturated heterocycles. The zero-order chi connectivity index (χ0) is 29.1. The summed E-state index contributed by atoms with van der Waals surface area (Å²) in [5.74, 6) is -0.595. The van der Waals surface area contributed by atoms with E-state index in [4.69, 9.17) is 0 Å². The van der Waals surface area contributed by atoms with Crippen LogP contribution in [0.15, 0.2) is 105 Å². The van der Waals surface area contributed by atoms with Gasteiger partial charge in [-0.05, 0) is 98.6 Å². The van der Waals surface area contributed by atoms with Crippen LogP contribution in [0.4, 0.5) is 17.1 Å². The van der Waals surface area contributed by atoms with E-state index in [0.29, 0.717) is 17.1 Å². The third-order valence-corrected chi connectivity index (χ3v) is 9.79. The first-order valence-electron chi connectivity index (χ1n) is 12.2. The van der Waals surface area contributed by atoms with Gasteiger partial charge in [0.1, 0.15) is 6.54 Å². The second kappa shape index (κ2) is 11.8. The summed E-state index contributed by atoms with van der Waals surface area (Å²) in [5.41, 5.74) is 3.73. The number of carbonyl (C=O) groups excluding carboxylic acids is 1. The van der Waals surface area contributed by atoms with Crippen molar-refractivity contribution in [3.8, 4) is 0 Å². The summed E-state index contributed by atoms with van der Waals surface area (Å²) >= 11 is 3.34. The van der Waals surface area contributed by atoms with E-state index < -0.39 is 32.5 Å². The molecule has 0 atom stereocenters. The molecular formula is C29H28BrN3O5S2. The van der Waals surface area contributed by atoms with Crippen LogP contribution in [0.25, 0.3) is 0 Å². The lowest BCUT2D eigenvalue weighted by Gasteiger charge is -2.24. The molecule has 0 heterocycles. The molecule has 4 rings (SSSR count). The van der Waals surface area contributed by atoms with Crippen LogP contribution in [-0.2, 0) is 24.8 Å². The Balaban J connectivity index is 1.53. The third kappa shape index (κ3) is 6.90. The van der Waals surface area contributed by atoms with Gasteiger partial charge < -0.3 is 5.32 Å². The summed E-state index contributed by atoms with van der Waals surface area (Å²) in [5, 5.41) is 2.66. The molecule has 4 aromatic carbocycles. The van der Waals surface area contributed by atoms with Crippen molar-refractivity contribution in [1.82, 2.24) is 0 Å². The summed E-state index contributed by atoms with van der Waals surface area (Å²) in [7, 11) is -7.93. The van der Waals surface area contributed by atoms with E-state index in [9.17, 15) is 21.6 Å². The fourth-order valence-electron chi connectivity index (χ4n) is 3.86. The Bertz CT molecular complexity index is 1740. The van der Waals surface area contributed by atoms with Crippen LogP contribution in [0.3, 0.4) is 0 Å². The molecule has 0 saturated carbocycles. The number of rotatable bonds is 9. The van der Waals surface area contributed by atoms with E-state index in [2.05, 4.69) is 26.0 Å². The molecule has 0 aliphatic heterocycles. The standard InChI is InChI=1S/C29H28BrN3O5S2/c1-20-5-14-27(15-6-20)40(37,38)33(25-12-8-23(30)9-13-25)19-29(34)31-24-10-16-26(17-11-24)39(35,36)32-28-18-21(2)4-7-22(28)3/h4-18,32H,19H2,1-3H3,(H,31,34). The molecule has 0 bridgehead atoms. The van der Waals surface area contributed by atoms with E-state index in [0.717, 1.165) is 25.5 Å². The largest absolute Gasteiger partial charge is 0.325 e. The minimum absolute atomic E-state index is 0.0184. The van der Waals surface area contributed by atoms with Crippen LogP contribution in [0.5, 0.6) is 0 Å².